The van der Waals surface area contributed by atoms with Gasteiger partial charge in [0.25, 0.3) is 0 Å². The number of halogens is 1. The highest BCUT2D eigenvalue weighted by Crippen LogP contribution is 2.25. The number of nitrogens with two attached hydrogens (primary N) is 1. The number of hydrogen-bond acceptors (Lipinski definition) is 5. The van der Waals surface area contributed by atoms with E-state index in [9.17, 15) is 4.79 Å². The lowest BCUT2D eigenvalue weighted by molar-refractivity contribution is -0.119. The first-order valence-corrected chi connectivity index (χ1v) is 9.78. The molecule has 1 aromatic heterocycles. The predicted octanol–water partition coefficient (Wildman–Crippen LogP) is 3.10. The Balaban J connectivity index is 1.55. The molecule has 1 aromatic carbocycles. The molecular weight excluding hydrogens is 358 g/mol. The predicted molar refractivity (Wildman–Crippen MR) is 101 cm³/mol. The van der Waals surface area contributed by atoms with Gasteiger partial charge in [0.1, 0.15) is 0 Å². The lowest BCUT2D eigenvalue weighted by atomic mass is 9.87. The van der Waals surface area contributed by atoms with Gasteiger partial charge < -0.3 is 11.2 Å². The zero-order valence-electron chi connectivity index (χ0n) is 14.1. The third-order valence-electron chi connectivity index (χ3n) is 4.48. The van der Waals surface area contributed by atoms with Crippen LogP contribution in [-0.4, -0.2) is 32.6 Å². The monoisotopic (exact) mass is 379 g/mol. The lowest BCUT2D eigenvalue weighted by Gasteiger charge is -2.26. The number of hydrogen-bond donors (Lipinski definition) is 2. The number of nitrogens with one attached hydrogen (secondary N) is 1. The van der Waals surface area contributed by atoms with Crippen LogP contribution < -0.4 is 11.2 Å². The van der Waals surface area contributed by atoms with E-state index in [0.717, 1.165) is 24.3 Å². The van der Waals surface area contributed by atoms with Gasteiger partial charge in [0.05, 0.1) is 5.75 Å². The van der Waals surface area contributed by atoms with E-state index in [0.29, 0.717) is 22.0 Å². The van der Waals surface area contributed by atoms with Gasteiger partial charge in [-0.1, -0.05) is 30.3 Å². The molecular formula is C17H22ClN5OS. The van der Waals surface area contributed by atoms with Crippen molar-refractivity contribution in [2.24, 2.45) is 5.92 Å². The topological polar surface area (TPSA) is 85.8 Å². The van der Waals surface area contributed by atoms with E-state index >= 15 is 0 Å². The molecule has 1 amide bonds. The van der Waals surface area contributed by atoms with E-state index < -0.39 is 0 Å². The van der Waals surface area contributed by atoms with Crippen molar-refractivity contribution in [1.29, 1.82) is 0 Å². The Morgan fingerprint density at radius 3 is 2.64 bits per heavy atom. The summed E-state index contributed by atoms with van der Waals surface area (Å²) in [5.74, 6) is 7.67. The molecule has 2 aromatic rings. The summed E-state index contributed by atoms with van der Waals surface area (Å²) in [6.07, 6.45) is 4.48. The first kappa shape index (κ1) is 18.1. The Morgan fingerprint density at radius 2 is 1.96 bits per heavy atom. The average Bonchev–Trinajstić information content (AvgIpc) is 2.97. The molecule has 1 heterocycles. The maximum absolute atomic E-state index is 12.1. The minimum absolute atomic E-state index is 0.0144. The number of nitrogen functional groups attached to an aromatic ring is 1. The maximum Gasteiger partial charge on any atom is 0.230 e. The molecule has 3 N–H and O–H groups in total. The Bertz CT molecular complexity index is 725. The van der Waals surface area contributed by atoms with Gasteiger partial charge in [-0.05, 0) is 55.9 Å². The van der Waals surface area contributed by atoms with Crippen LogP contribution in [0, 0.1) is 5.92 Å². The molecule has 1 aliphatic rings. The largest absolute Gasteiger partial charge is 0.353 e. The minimum atomic E-state index is 0.0144. The molecule has 0 atom stereocenters. The fraction of sp³-hybridized carbons (Fsp3) is 0.471. The van der Waals surface area contributed by atoms with Crippen molar-refractivity contribution in [2.75, 3.05) is 11.6 Å². The lowest BCUT2D eigenvalue weighted by Crippen LogP contribution is -2.38. The molecule has 0 bridgehead atoms. The Morgan fingerprint density at radius 1 is 1.28 bits per heavy atom. The average molecular weight is 380 g/mol. The zero-order valence-corrected chi connectivity index (χ0v) is 15.7. The fourth-order valence-electron chi connectivity index (χ4n) is 2.98. The van der Waals surface area contributed by atoms with Crippen molar-refractivity contribution >= 4 is 29.3 Å². The van der Waals surface area contributed by atoms with Crippen LogP contribution in [0.2, 0.25) is 5.02 Å². The molecule has 1 aliphatic carbocycles. The molecule has 0 unspecified atom stereocenters. The smallest absolute Gasteiger partial charge is 0.230 e. The molecule has 0 radical (unpaired) electrons. The van der Waals surface area contributed by atoms with E-state index in [1.165, 1.54) is 29.3 Å². The van der Waals surface area contributed by atoms with Gasteiger partial charge in [-0.25, -0.2) is 4.68 Å². The molecule has 25 heavy (non-hydrogen) atoms. The second-order valence-corrected chi connectivity index (χ2v) is 7.87. The standard InChI is InChI=1S/C17H22ClN5OS/c1-11-2-8-14(9-3-11)20-15(24)10-25-17-22-21-16(23(17)19)12-4-6-13(18)7-5-12/h4-7,11,14H,2-3,8-10,19H2,1H3,(H,20,24). The molecule has 134 valence electrons. The number of thioether (sulfide) groups is 1. The fourth-order valence-corrected chi connectivity index (χ4v) is 3.77. The number of amides is 1. The van der Waals surface area contributed by atoms with Crippen LogP contribution in [0.1, 0.15) is 32.6 Å². The number of carbonyl (C=O) groups is 1. The number of aromatic nitrogens is 3. The van der Waals surface area contributed by atoms with Crippen molar-refractivity contribution in [3.63, 3.8) is 0 Å². The van der Waals surface area contributed by atoms with Gasteiger partial charge >= 0.3 is 0 Å². The number of carbonyl (C=O) groups excluding carboxylic acids is 1. The minimum Gasteiger partial charge on any atom is -0.353 e. The molecule has 6 nitrogen and oxygen atoms in total. The van der Waals surface area contributed by atoms with Gasteiger partial charge in [-0.3, -0.25) is 4.79 Å². The third kappa shape index (κ3) is 4.67. The summed E-state index contributed by atoms with van der Waals surface area (Å²) in [7, 11) is 0. The normalized spacial score (nSPS) is 20.4. The quantitative estimate of drug-likeness (QED) is 0.615. The Labute approximate surface area is 156 Å². The summed E-state index contributed by atoms with van der Waals surface area (Å²) >= 11 is 7.18. The van der Waals surface area contributed by atoms with Crippen LogP contribution in [0.25, 0.3) is 11.4 Å². The Kier molecular flexibility index (Phi) is 5.86. The molecule has 0 saturated heterocycles. The van der Waals surface area contributed by atoms with Crippen LogP contribution in [0.15, 0.2) is 29.4 Å². The summed E-state index contributed by atoms with van der Waals surface area (Å²) in [4.78, 5) is 12.1. The van der Waals surface area contributed by atoms with Crippen molar-refractivity contribution in [1.82, 2.24) is 20.2 Å². The first-order chi connectivity index (χ1) is 12.0. The summed E-state index contributed by atoms with van der Waals surface area (Å²) in [6, 6.07) is 7.51. The molecule has 8 heteroatoms. The second kappa shape index (κ2) is 8.10. The molecule has 3 rings (SSSR count). The van der Waals surface area contributed by atoms with E-state index in [1.807, 2.05) is 12.1 Å². The van der Waals surface area contributed by atoms with E-state index in [2.05, 4.69) is 22.4 Å². The van der Waals surface area contributed by atoms with Crippen LogP contribution in [0.5, 0.6) is 0 Å². The summed E-state index contributed by atoms with van der Waals surface area (Å²) < 4.78 is 1.41. The molecule has 0 aliphatic heterocycles. The second-order valence-electron chi connectivity index (χ2n) is 6.50. The van der Waals surface area contributed by atoms with Crippen molar-refractivity contribution in [3.05, 3.63) is 29.3 Å². The first-order valence-electron chi connectivity index (χ1n) is 8.41. The van der Waals surface area contributed by atoms with E-state index in [4.69, 9.17) is 17.4 Å². The molecule has 1 saturated carbocycles. The van der Waals surface area contributed by atoms with Gasteiger partial charge in [0, 0.05) is 16.6 Å². The summed E-state index contributed by atoms with van der Waals surface area (Å²) in [6.45, 7) is 2.26. The zero-order chi connectivity index (χ0) is 17.8. The number of rotatable bonds is 5. The summed E-state index contributed by atoms with van der Waals surface area (Å²) in [5, 5.41) is 12.5. The summed E-state index contributed by atoms with van der Waals surface area (Å²) in [5.41, 5.74) is 0.826. The number of benzene rings is 1. The highest BCUT2D eigenvalue weighted by Gasteiger charge is 2.20. The van der Waals surface area contributed by atoms with E-state index in [-0.39, 0.29) is 11.7 Å². The van der Waals surface area contributed by atoms with Crippen LogP contribution in [0.4, 0.5) is 0 Å². The van der Waals surface area contributed by atoms with Crippen LogP contribution in [-0.2, 0) is 4.79 Å². The Hall–Kier alpha value is -1.73. The van der Waals surface area contributed by atoms with Crippen LogP contribution >= 0.6 is 23.4 Å². The van der Waals surface area contributed by atoms with E-state index in [1.54, 1.807) is 12.1 Å². The van der Waals surface area contributed by atoms with Gasteiger partial charge in [-0.15, -0.1) is 10.2 Å². The molecule has 1 fully saturated rings. The van der Waals surface area contributed by atoms with Crippen molar-refractivity contribution in [2.45, 2.75) is 43.8 Å². The molecule has 0 spiro atoms. The highest BCUT2D eigenvalue weighted by molar-refractivity contribution is 7.99. The van der Waals surface area contributed by atoms with Crippen molar-refractivity contribution < 1.29 is 4.79 Å². The van der Waals surface area contributed by atoms with Crippen LogP contribution in [0.3, 0.4) is 0 Å². The van der Waals surface area contributed by atoms with Gasteiger partial charge in [-0.2, -0.15) is 0 Å². The third-order valence-corrected chi connectivity index (χ3v) is 5.68. The highest BCUT2D eigenvalue weighted by atomic mass is 35.5. The maximum atomic E-state index is 12.1. The SMILES string of the molecule is CC1CCC(NC(=O)CSc2nnc(-c3ccc(Cl)cc3)n2N)CC1. The van der Waals surface area contributed by atoms with Crippen molar-refractivity contribution in [3.8, 4) is 11.4 Å². The number of nitrogens with zero attached hydrogens (tertiary/aromatic N) is 3. The van der Waals surface area contributed by atoms with Gasteiger partial charge in [0.2, 0.25) is 11.1 Å². The van der Waals surface area contributed by atoms with Gasteiger partial charge in [0.15, 0.2) is 5.82 Å².